The van der Waals surface area contributed by atoms with Crippen molar-refractivity contribution in [1.29, 1.82) is 0 Å². The second-order valence-corrected chi connectivity index (χ2v) is 5.40. The van der Waals surface area contributed by atoms with Gasteiger partial charge in [-0.3, -0.25) is 4.79 Å². The zero-order chi connectivity index (χ0) is 15.5. The molecule has 3 heterocycles. The van der Waals surface area contributed by atoms with Gasteiger partial charge in [0.2, 0.25) is 0 Å². The van der Waals surface area contributed by atoms with Gasteiger partial charge in [-0.25, -0.2) is 15.0 Å². The zero-order valence-electron chi connectivity index (χ0n) is 12.8. The molecule has 0 radical (unpaired) electrons. The van der Waals surface area contributed by atoms with Crippen molar-refractivity contribution < 1.29 is 4.79 Å². The topological polar surface area (TPSA) is 71.0 Å². The maximum absolute atomic E-state index is 12.7. The molecule has 0 aromatic carbocycles. The van der Waals surface area contributed by atoms with Gasteiger partial charge >= 0.3 is 0 Å². The maximum atomic E-state index is 12.7. The molecule has 1 fully saturated rings. The molecule has 1 saturated heterocycles. The van der Waals surface area contributed by atoms with Crippen LogP contribution in [-0.4, -0.2) is 39.4 Å². The number of nitrogens with one attached hydrogen (secondary N) is 1. The highest BCUT2D eigenvalue weighted by molar-refractivity contribution is 5.94. The van der Waals surface area contributed by atoms with E-state index >= 15 is 0 Å². The van der Waals surface area contributed by atoms with Crippen LogP contribution in [0.3, 0.4) is 0 Å². The minimum atomic E-state index is -0.00896. The van der Waals surface area contributed by atoms with Gasteiger partial charge < -0.3 is 10.2 Å². The van der Waals surface area contributed by atoms with E-state index < -0.39 is 0 Å². The molecule has 0 spiro atoms. The molecular formula is C16H19N5O. The number of hydrogen-bond acceptors (Lipinski definition) is 5. The van der Waals surface area contributed by atoms with Gasteiger partial charge in [0, 0.05) is 32.2 Å². The lowest BCUT2D eigenvalue weighted by Gasteiger charge is -2.25. The summed E-state index contributed by atoms with van der Waals surface area (Å²) in [6.07, 6.45) is 6.94. The Hall–Kier alpha value is -2.50. The molecule has 0 bridgehead atoms. The molecule has 22 heavy (non-hydrogen) atoms. The van der Waals surface area contributed by atoms with Crippen LogP contribution in [0.5, 0.6) is 0 Å². The van der Waals surface area contributed by atoms with E-state index in [0.29, 0.717) is 11.4 Å². The lowest BCUT2D eigenvalue weighted by atomic mass is 10.1. The van der Waals surface area contributed by atoms with E-state index in [-0.39, 0.29) is 11.9 Å². The fraction of sp³-hybridized carbons (Fsp3) is 0.375. The summed E-state index contributed by atoms with van der Waals surface area (Å²) >= 11 is 0. The van der Waals surface area contributed by atoms with Crippen molar-refractivity contribution in [3.8, 4) is 0 Å². The van der Waals surface area contributed by atoms with Crippen molar-refractivity contribution in [2.24, 2.45) is 0 Å². The van der Waals surface area contributed by atoms with Gasteiger partial charge in [-0.1, -0.05) is 0 Å². The number of likely N-dealkylation sites (tertiary alicyclic amines) is 1. The lowest BCUT2D eigenvalue weighted by molar-refractivity contribution is 0.0734. The van der Waals surface area contributed by atoms with Gasteiger partial charge in [0.1, 0.15) is 11.6 Å². The molecular weight excluding hydrogens is 278 g/mol. The Labute approximate surface area is 129 Å². The van der Waals surface area contributed by atoms with E-state index in [2.05, 4.69) is 20.3 Å². The number of anilines is 1. The molecule has 6 nitrogen and oxygen atoms in total. The van der Waals surface area contributed by atoms with Crippen LogP contribution in [0, 0.1) is 6.92 Å². The first kappa shape index (κ1) is 14.4. The van der Waals surface area contributed by atoms with Crippen molar-refractivity contribution in [2.75, 3.05) is 18.9 Å². The third kappa shape index (κ3) is 2.77. The standard InChI is InChI=1S/C16H19N5O/c1-11-19-9-13(10-20-11)16(22)21-7-3-4-14(21)12-5-6-18-15(8-12)17-2/h5-6,8-10,14H,3-4,7H2,1-2H3,(H,17,18)/t14-/m0/s1. The first-order valence-corrected chi connectivity index (χ1v) is 7.42. The van der Waals surface area contributed by atoms with Gasteiger partial charge in [-0.2, -0.15) is 0 Å². The fourth-order valence-electron chi connectivity index (χ4n) is 2.82. The summed E-state index contributed by atoms with van der Waals surface area (Å²) < 4.78 is 0. The van der Waals surface area contributed by atoms with Crippen LogP contribution in [-0.2, 0) is 0 Å². The largest absolute Gasteiger partial charge is 0.373 e. The van der Waals surface area contributed by atoms with Crippen molar-refractivity contribution >= 4 is 11.7 Å². The van der Waals surface area contributed by atoms with Crippen LogP contribution in [0.2, 0.25) is 0 Å². The number of carbonyl (C=O) groups excluding carboxylic acids is 1. The summed E-state index contributed by atoms with van der Waals surface area (Å²) in [6, 6.07) is 4.06. The van der Waals surface area contributed by atoms with E-state index in [9.17, 15) is 4.79 Å². The zero-order valence-corrected chi connectivity index (χ0v) is 12.8. The van der Waals surface area contributed by atoms with Gasteiger partial charge in [-0.05, 0) is 37.5 Å². The predicted molar refractivity (Wildman–Crippen MR) is 83.6 cm³/mol. The van der Waals surface area contributed by atoms with E-state index in [1.807, 2.05) is 31.0 Å². The molecule has 1 aliphatic rings. The second-order valence-electron chi connectivity index (χ2n) is 5.40. The quantitative estimate of drug-likeness (QED) is 0.940. The average molecular weight is 297 g/mol. The lowest BCUT2D eigenvalue weighted by Crippen LogP contribution is -2.30. The summed E-state index contributed by atoms with van der Waals surface area (Å²) in [5, 5.41) is 3.04. The van der Waals surface area contributed by atoms with Crippen molar-refractivity contribution in [3.05, 3.63) is 47.7 Å². The third-order valence-corrected chi connectivity index (χ3v) is 3.97. The number of nitrogens with zero attached hydrogens (tertiary/aromatic N) is 4. The average Bonchev–Trinajstić information content (AvgIpc) is 3.04. The smallest absolute Gasteiger partial charge is 0.257 e. The molecule has 1 atom stereocenters. The van der Waals surface area contributed by atoms with Crippen molar-refractivity contribution in [3.63, 3.8) is 0 Å². The fourth-order valence-corrected chi connectivity index (χ4v) is 2.82. The summed E-state index contributed by atoms with van der Waals surface area (Å²) in [7, 11) is 1.84. The number of pyridine rings is 1. The molecule has 1 N–H and O–H groups in total. The Kier molecular flexibility index (Phi) is 4.00. The molecule has 114 valence electrons. The number of carbonyl (C=O) groups is 1. The summed E-state index contributed by atoms with van der Waals surface area (Å²) in [5.41, 5.74) is 1.65. The van der Waals surface area contributed by atoms with Crippen LogP contribution < -0.4 is 5.32 Å². The molecule has 3 rings (SSSR count). The van der Waals surface area contributed by atoms with E-state index in [4.69, 9.17) is 0 Å². The highest BCUT2D eigenvalue weighted by Crippen LogP contribution is 2.33. The summed E-state index contributed by atoms with van der Waals surface area (Å²) in [6.45, 7) is 2.57. The normalized spacial score (nSPS) is 17.5. The van der Waals surface area contributed by atoms with Gasteiger partial charge in [0.25, 0.3) is 5.91 Å². The molecule has 0 saturated carbocycles. The monoisotopic (exact) mass is 297 g/mol. The van der Waals surface area contributed by atoms with Gasteiger partial charge in [0.15, 0.2) is 0 Å². The van der Waals surface area contributed by atoms with Gasteiger partial charge in [-0.15, -0.1) is 0 Å². The Morgan fingerprint density at radius 2 is 2.09 bits per heavy atom. The van der Waals surface area contributed by atoms with Gasteiger partial charge in [0.05, 0.1) is 11.6 Å². The van der Waals surface area contributed by atoms with Crippen LogP contribution in [0.15, 0.2) is 30.7 Å². The van der Waals surface area contributed by atoms with Crippen molar-refractivity contribution in [1.82, 2.24) is 19.9 Å². The molecule has 6 heteroatoms. The van der Waals surface area contributed by atoms with E-state index in [0.717, 1.165) is 30.8 Å². The Bertz CT molecular complexity index is 670. The van der Waals surface area contributed by atoms with Crippen molar-refractivity contribution in [2.45, 2.75) is 25.8 Å². The number of amides is 1. The maximum Gasteiger partial charge on any atom is 0.257 e. The number of rotatable bonds is 3. The summed E-state index contributed by atoms with van der Waals surface area (Å²) in [5.74, 6) is 1.48. The SMILES string of the molecule is CNc1cc([C@@H]2CCCN2C(=O)c2cnc(C)nc2)ccn1. The molecule has 2 aromatic rings. The molecule has 1 amide bonds. The molecule has 0 unspecified atom stereocenters. The van der Waals surface area contributed by atoms with E-state index in [1.165, 1.54) is 0 Å². The van der Waals surface area contributed by atoms with Crippen LogP contribution in [0.25, 0.3) is 0 Å². The minimum Gasteiger partial charge on any atom is -0.373 e. The molecule has 0 aliphatic carbocycles. The summed E-state index contributed by atoms with van der Waals surface area (Å²) in [4.78, 5) is 27.1. The third-order valence-electron chi connectivity index (χ3n) is 3.97. The highest BCUT2D eigenvalue weighted by Gasteiger charge is 2.31. The number of aryl methyl sites for hydroxylation is 1. The number of hydrogen-bond donors (Lipinski definition) is 1. The number of aromatic nitrogens is 3. The highest BCUT2D eigenvalue weighted by atomic mass is 16.2. The van der Waals surface area contributed by atoms with Crippen LogP contribution in [0.4, 0.5) is 5.82 Å². The predicted octanol–water partition coefficient (Wildman–Crippen LogP) is 2.20. The minimum absolute atomic E-state index is 0.00896. The van der Waals surface area contributed by atoms with Crippen LogP contribution in [0.1, 0.15) is 40.6 Å². The molecule has 2 aromatic heterocycles. The first-order valence-electron chi connectivity index (χ1n) is 7.42. The first-order chi connectivity index (χ1) is 10.7. The van der Waals surface area contributed by atoms with Crippen LogP contribution >= 0.6 is 0 Å². The Morgan fingerprint density at radius 1 is 1.32 bits per heavy atom. The van der Waals surface area contributed by atoms with E-state index in [1.54, 1.807) is 18.6 Å². The second kappa shape index (κ2) is 6.09. The molecule has 1 aliphatic heterocycles. The Morgan fingerprint density at radius 3 is 2.82 bits per heavy atom. The Balaban J connectivity index is 1.86.